The molecule has 27 heavy (non-hydrogen) atoms. The van der Waals surface area contributed by atoms with Crippen molar-refractivity contribution >= 4 is 5.91 Å². The lowest BCUT2D eigenvalue weighted by atomic mass is 9.99. The van der Waals surface area contributed by atoms with Gasteiger partial charge in [-0.25, -0.2) is 0 Å². The van der Waals surface area contributed by atoms with E-state index in [0.717, 1.165) is 0 Å². The van der Waals surface area contributed by atoms with Gasteiger partial charge in [0.25, 0.3) is 5.91 Å². The molecule has 144 valence electrons. The number of rotatable bonds is 3. The van der Waals surface area contributed by atoms with Gasteiger partial charge in [0.2, 0.25) is 0 Å². The Balaban J connectivity index is 2.02. The largest absolute Gasteiger partial charge is 0.435 e. The van der Waals surface area contributed by atoms with Gasteiger partial charge in [0, 0.05) is 30.4 Å². The number of nitrogens with zero attached hydrogens (tertiary/aromatic N) is 3. The number of halogens is 3. The average molecular weight is 377 g/mol. The van der Waals surface area contributed by atoms with Crippen LogP contribution in [0.5, 0.6) is 0 Å². The zero-order chi connectivity index (χ0) is 19.9. The first-order chi connectivity index (χ1) is 12.6. The van der Waals surface area contributed by atoms with Crippen molar-refractivity contribution in [3.8, 4) is 11.1 Å². The highest BCUT2D eigenvalue weighted by atomic mass is 19.4. The fourth-order valence-corrected chi connectivity index (χ4v) is 3.47. The Bertz CT molecular complexity index is 896. The molecule has 0 bridgehead atoms. The minimum atomic E-state index is -4.57. The molecule has 0 saturated heterocycles. The first kappa shape index (κ1) is 19.2. The van der Waals surface area contributed by atoms with Crippen molar-refractivity contribution < 1.29 is 18.0 Å². The zero-order valence-electron chi connectivity index (χ0n) is 15.7. The second-order valence-electron chi connectivity index (χ2n) is 7.13. The highest BCUT2D eigenvalue weighted by molar-refractivity contribution is 5.96. The molecule has 1 aromatic heterocycles. The lowest BCUT2D eigenvalue weighted by molar-refractivity contribution is -0.140. The van der Waals surface area contributed by atoms with E-state index in [-0.39, 0.29) is 23.4 Å². The van der Waals surface area contributed by atoms with Gasteiger partial charge in [-0.3, -0.25) is 9.48 Å². The van der Waals surface area contributed by atoms with Crippen LogP contribution in [0.1, 0.15) is 35.6 Å². The van der Waals surface area contributed by atoms with E-state index in [1.54, 1.807) is 30.0 Å². The van der Waals surface area contributed by atoms with Crippen LogP contribution in [0.4, 0.5) is 13.2 Å². The number of aromatic nitrogens is 2. The van der Waals surface area contributed by atoms with Crippen LogP contribution in [0.2, 0.25) is 0 Å². The maximum Gasteiger partial charge on any atom is 0.435 e. The van der Waals surface area contributed by atoms with Crippen molar-refractivity contribution in [2.45, 2.75) is 33.0 Å². The summed E-state index contributed by atoms with van der Waals surface area (Å²) in [6, 6.07) is 6.35. The van der Waals surface area contributed by atoms with Gasteiger partial charge in [-0.1, -0.05) is 38.1 Å². The number of hydrogen-bond donors (Lipinski definition) is 0. The molecule has 2 heterocycles. The Morgan fingerprint density at radius 2 is 2.00 bits per heavy atom. The summed E-state index contributed by atoms with van der Waals surface area (Å²) in [5, 5.41) is 3.63. The van der Waals surface area contributed by atoms with Gasteiger partial charge in [-0.2, -0.15) is 18.3 Å². The van der Waals surface area contributed by atoms with E-state index in [0.29, 0.717) is 23.4 Å². The molecule has 1 aliphatic rings. The van der Waals surface area contributed by atoms with E-state index < -0.39 is 11.9 Å². The highest BCUT2D eigenvalue weighted by Crippen LogP contribution is 2.38. The monoisotopic (exact) mass is 377 g/mol. The second-order valence-corrected chi connectivity index (χ2v) is 7.13. The van der Waals surface area contributed by atoms with E-state index in [4.69, 9.17) is 0 Å². The van der Waals surface area contributed by atoms with Crippen LogP contribution in [-0.4, -0.2) is 33.2 Å². The van der Waals surface area contributed by atoms with Crippen LogP contribution < -0.4 is 0 Å². The first-order valence-electron chi connectivity index (χ1n) is 8.80. The van der Waals surface area contributed by atoms with E-state index in [1.165, 1.54) is 17.8 Å². The Kier molecular flexibility index (Phi) is 4.88. The molecule has 1 atom stereocenters. The maximum absolute atomic E-state index is 13.4. The van der Waals surface area contributed by atoms with Crippen molar-refractivity contribution in [1.29, 1.82) is 0 Å². The number of amides is 1. The quantitative estimate of drug-likeness (QED) is 0.741. The summed E-state index contributed by atoms with van der Waals surface area (Å²) in [6.07, 6.45) is -0.623. The summed E-state index contributed by atoms with van der Waals surface area (Å²) < 4.78 is 41.5. The maximum atomic E-state index is 13.4. The van der Waals surface area contributed by atoms with Gasteiger partial charge in [0.1, 0.15) is 0 Å². The van der Waals surface area contributed by atoms with Crippen molar-refractivity contribution in [2.24, 2.45) is 13.0 Å². The van der Waals surface area contributed by atoms with Gasteiger partial charge in [-0.05, 0) is 30.5 Å². The summed E-state index contributed by atoms with van der Waals surface area (Å²) in [4.78, 5) is 14.7. The van der Waals surface area contributed by atoms with E-state index >= 15 is 0 Å². The minimum absolute atomic E-state index is 0.00739. The Hall–Kier alpha value is -2.57. The van der Waals surface area contributed by atoms with E-state index in [1.807, 2.05) is 26.0 Å². The number of aryl methyl sites for hydroxylation is 1. The smallest absolute Gasteiger partial charge is 0.328 e. The fraction of sp³-hybridized carbons (Fsp3) is 0.400. The van der Waals surface area contributed by atoms with Crippen molar-refractivity contribution in [3.05, 3.63) is 53.4 Å². The molecule has 7 heteroatoms. The predicted octanol–water partition coefficient (Wildman–Crippen LogP) is 4.45. The molecule has 1 aliphatic heterocycles. The minimum Gasteiger partial charge on any atom is -0.328 e. The second kappa shape index (κ2) is 6.87. The SMILES string of the molecule is Cc1c(-c2cccc(C(=O)N3CC=C[C@H]3C(C)C)c2)c(C(F)(F)F)nn1C. The number of hydrogen-bond acceptors (Lipinski definition) is 2. The number of carbonyl (C=O) groups excluding carboxylic acids is 1. The summed E-state index contributed by atoms with van der Waals surface area (Å²) in [5.41, 5.74) is 0.190. The summed E-state index contributed by atoms with van der Waals surface area (Å²) >= 11 is 0. The Labute approximate surface area is 156 Å². The zero-order valence-corrected chi connectivity index (χ0v) is 15.7. The first-order valence-corrected chi connectivity index (χ1v) is 8.80. The van der Waals surface area contributed by atoms with Gasteiger partial charge in [0.15, 0.2) is 5.69 Å². The van der Waals surface area contributed by atoms with E-state index in [9.17, 15) is 18.0 Å². The molecule has 0 saturated carbocycles. The number of benzene rings is 1. The molecule has 2 aromatic rings. The number of alkyl halides is 3. The van der Waals surface area contributed by atoms with Crippen molar-refractivity contribution in [2.75, 3.05) is 6.54 Å². The van der Waals surface area contributed by atoms with Gasteiger partial charge in [0.05, 0.1) is 6.04 Å². The molecule has 0 N–H and O–H groups in total. The topological polar surface area (TPSA) is 38.1 Å². The van der Waals surface area contributed by atoms with Crippen molar-refractivity contribution in [3.63, 3.8) is 0 Å². The van der Waals surface area contributed by atoms with Crippen molar-refractivity contribution in [1.82, 2.24) is 14.7 Å². The molecular formula is C20H22F3N3O. The molecular weight excluding hydrogens is 355 g/mol. The summed E-state index contributed by atoms with van der Waals surface area (Å²) in [5.74, 6) is 0.0731. The van der Waals surface area contributed by atoms with Gasteiger partial charge in [-0.15, -0.1) is 0 Å². The van der Waals surface area contributed by atoms with Gasteiger partial charge >= 0.3 is 6.18 Å². The van der Waals surface area contributed by atoms with Crippen LogP contribution in [0.3, 0.4) is 0 Å². The highest BCUT2D eigenvalue weighted by Gasteiger charge is 2.38. The third-order valence-electron chi connectivity index (χ3n) is 4.94. The average Bonchev–Trinajstić information content (AvgIpc) is 3.20. The lowest BCUT2D eigenvalue weighted by Gasteiger charge is -2.27. The fourth-order valence-electron chi connectivity index (χ4n) is 3.47. The van der Waals surface area contributed by atoms with Crippen LogP contribution in [0.25, 0.3) is 11.1 Å². The van der Waals surface area contributed by atoms with Crippen LogP contribution in [-0.2, 0) is 13.2 Å². The molecule has 0 spiro atoms. The number of carbonyl (C=O) groups is 1. The van der Waals surface area contributed by atoms with E-state index in [2.05, 4.69) is 5.10 Å². The molecule has 0 radical (unpaired) electrons. The summed E-state index contributed by atoms with van der Waals surface area (Å²) in [7, 11) is 1.48. The predicted molar refractivity (Wildman–Crippen MR) is 97.2 cm³/mol. The van der Waals surface area contributed by atoms with Crippen LogP contribution in [0, 0.1) is 12.8 Å². The third kappa shape index (κ3) is 3.50. The summed E-state index contributed by atoms with van der Waals surface area (Å²) in [6.45, 7) is 6.16. The normalized spacial score (nSPS) is 17.2. The molecule has 0 fully saturated rings. The van der Waals surface area contributed by atoms with Gasteiger partial charge < -0.3 is 4.90 Å². The molecule has 1 aromatic carbocycles. The molecule has 1 amide bonds. The molecule has 3 rings (SSSR count). The molecule has 4 nitrogen and oxygen atoms in total. The lowest BCUT2D eigenvalue weighted by Crippen LogP contribution is -2.39. The standard InChI is InChI=1S/C20H22F3N3O/c1-12(2)16-9-6-10-26(16)19(27)15-8-5-7-14(11-15)17-13(3)25(4)24-18(17)20(21,22)23/h5-9,11-12,16H,10H2,1-4H3/t16-/m0/s1. The van der Waals surface area contributed by atoms with Crippen LogP contribution in [0.15, 0.2) is 36.4 Å². The third-order valence-corrected chi connectivity index (χ3v) is 4.94. The Morgan fingerprint density at radius 3 is 2.63 bits per heavy atom. The Morgan fingerprint density at radius 1 is 1.30 bits per heavy atom. The molecule has 0 unspecified atom stereocenters. The van der Waals surface area contributed by atoms with Crippen LogP contribution >= 0.6 is 0 Å². The molecule has 0 aliphatic carbocycles.